The molecule has 1 aromatic heterocycles. The van der Waals surface area contributed by atoms with Crippen LogP contribution in [0.5, 0.6) is 5.75 Å². The third-order valence-electron chi connectivity index (χ3n) is 4.44. The summed E-state index contributed by atoms with van der Waals surface area (Å²) >= 11 is 7.87. The summed E-state index contributed by atoms with van der Waals surface area (Å²) in [4.78, 5) is 13.0. The van der Waals surface area contributed by atoms with Gasteiger partial charge in [0.05, 0.1) is 24.1 Å². The summed E-state index contributed by atoms with van der Waals surface area (Å²) < 4.78 is 7.13. The van der Waals surface area contributed by atoms with Gasteiger partial charge in [-0.1, -0.05) is 23.7 Å². The van der Waals surface area contributed by atoms with Gasteiger partial charge in [-0.3, -0.25) is 4.79 Å². The number of nitrogens with one attached hydrogen (secondary N) is 1. The predicted molar refractivity (Wildman–Crippen MR) is 109 cm³/mol. The molecule has 4 rings (SSSR count). The molecule has 138 valence electrons. The minimum atomic E-state index is -0.275. The maximum Gasteiger partial charge on any atom is 0.260 e. The second kappa shape index (κ2) is 7.29. The largest absolute Gasteiger partial charge is 0.496 e. The van der Waals surface area contributed by atoms with Crippen molar-refractivity contribution in [2.24, 2.45) is 0 Å². The van der Waals surface area contributed by atoms with Crippen LogP contribution in [0.2, 0.25) is 5.02 Å². The number of hydrogen-bond acceptors (Lipinski definition) is 4. The molecule has 0 radical (unpaired) electrons. The van der Waals surface area contributed by atoms with Crippen LogP contribution < -0.4 is 10.1 Å². The number of ether oxygens (including phenoxy) is 1. The Kier molecular flexibility index (Phi) is 4.85. The predicted octanol–water partition coefficient (Wildman–Crippen LogP) is 4.84. The molecular formula is C20H18ClN3O2S. The van der Waals surface area contributed by atoms with Crippen LogP contribution in [0.3, 0.4) is 0 Å². The summed E-state index contributed by atoms with van der Waals surface area (Å²) in [5.41, 5.74) is 4.51. The zero-order chi connectivity index (χ0) is 19.0. The Morgan fingerprint density at radius 1 is 1.26 bits per heavy atom. The molecule has 0 aliphatic carbocycles. The molecule has 2 heterocycles. The van der Waals surface area contributed by atoms with Crippen molar-refractivity contribution < 1.29 is 9.53 Å². The number of amides is 1. The van der Waals surface area contributed by atoms with Crippen molar-refractivity contribution >= 4 is 35.1 Å². The first kappa shape index (κ1) is 17.9. The van der Waals surface area contributed by atoms with E-state index in [0.29, 0.717) is 22.2 Å². The second-order valence-electron chi connectivity index (χ2n) is 6.32. The van der Waals surface area contributed by atoms with Crippen LogP contribution in [0.4, 0.5) is 5.82 Å². The van der Waals surface area contributed by atoms with E-state index in [-0.39, 0.29) is 5.91 Å². The molecular weight excluding hydrogens is 382 g/mol. The minimum absolute atomic E-state index is 0.275. The molecule has 0 spiro atoms. The lowest BCUT2D eigenvalue weighted by atomic mass is 10.1. The van der Waals surface area contributed by atoms with E-state index in [0.717, 1.165) is 34.0 Å². The van der Waals surface area contributed by atoms with Gasteiger partial charge in [0, 0.05) is 22.1 Å². The first-order valence-electron chi connectivity index (χ1n) is 8.47. The zero-order valence-corrected chi connectivity index (χ0v) is 16.5. The summed E-state index contributed by atoms with van der Waals surface area (Å²) in [5, 5.41) is 8.25. The Hall–Kier alpha value is -2.44. The number of fused-ring (bicyclic) bond motifs is 1. The first-order valence-corrected chi connectivity index (χ1v) is 10.0. The number of aryl methyl sites for hydroxylation is 1. The van der Waals surface area contributed by atoms with E-state index in [9.17, 15) is 4.79 Å². The van der Waals surface area contributed by atoms with Crippen LogP contribution in [0.25, 0.3) is 5.69 Å². The Labute approximate surface area is 166 Å². The lowest BCUT2D eigenvalue weighted by molar-refractivity contribution is 0.102. The highest BCUT2D eigenvalue weighted by atomic mass is 35.5. The molecule has 0 unspecified atom stereocenters. The molecule has 7 heteroatoms. The van der Waals surface area contributed by atoms with Crippen molar-refractivity contribution in [3.05, 3.63) is 69.9 Å². The van der Waals surface area contributed by atoms with Gasteiger partial charge in [-0.25, -0.2) is 4.68 Å². The average Bonchev–Trinajstić information content (AvgIpc) is 3.24. The average molecular weight is 400 g/mol. The fourth-order valence-electron chi connectivity index (χ4n) is 3.12. The highest BCUT2D eigenvalue weighted by molar-refractivity contribution is 7.98. The molecule has 0 saturated carbocycles. The maximum absolute atomic E-state index is 13.0. The lowest BCUT2D eigenvalue weighted by Gasteiger charge is -2.13. The van der Waals surface area contributed by atoms with E-state index in [1.807, 2.05) is 35.9 Å². The molecule has 1 aliphatic heterocycles. The summed E-state index contributed by atoms with van der Waals surface area (Å²) in [6, 6.07) is 13.0. The number of carbonyl (C=O) groups excluding carboxylic acids is 1. The van der Waals surface area contributed by atoms with Crippen LogP contribution in [0, 0.1) is 6.92 Å². The number of carbonyl (C=O) groups is 1. The van der Waals surface area contributed by atoms with Gasteiger partial charge in [0.1, 0.15) is 11.6 Å². The van der Waals surface area contributed by atoms with E-state index < -0.39 is 0 Å². The molecule has 1 N–H and O–H groups in total. The van der Waals surface area contributed by atoms with E-state index in [4.69, 9.17) is 21.4 Å². The monoisotopic (exact) mass is 399 g/mol. The number of halogens is 1. The normalized spacial score (nSPS) is 12.7. The number of thioether (sulfide) groups is 1. The SMILES string of the molecule is COc1ccc(Cl)cc1C(=O)Nc1c2c(nn1-c1cccc(C)c1)CSC2. The van der Waals surface area contributed by atoms with Crippen molar-refractivity contribution in [1.29, 1.82) is 0 Å². The van der Waals surface area contributed by atoms with E-state index >= 15 is 0 Å². The third-order valence-corrected chi connectivity index (χ3v) is 5.64. The smallest absolute Gasteiger partial charge is 0.260 e. The van der Waals surface area contributed by atoms with Crippen molar-refractivity contribution in [1.82, 2.24) is 9.78 Å². The quantitative estimate of drug-likeness (QED) is 0.681. The van der Waals surface area contributed by atoms with Crippen LogP contribution in [0.1, 0.15) is 27.2 Å². The molecule has 1 aliphatic rings. The van der Waals surface area contributed by atoms with Gasteiger partial charge in [-0.2, -0.15) is 16.9 Å². The molecule has 2 aromatic carbocycles. The standard InChI is InChI=1S/C20H18ClN3O2S/c1-12-4-3-5-14(8-12)24-19(16-10-27-11-17(16)23-24)22-20(25)15-9-13(21)6-7-18(15)26-2/h3-9H,10-11H2,1-2H3,(H,22,25). The van der Waals surface area contributed by atoms with Crippen molar-refractivity contribution in [3.63, 3.8) is 0 Å². The highest BCUT2D eigenvalue weighted by Crippen LogP contribution is 2.36. The Morgan fingerprint density at radius 3 is 2.89 bits per heavy atom. The summed E-state index contributed by atoms with van der Waals surface area (Å²) in [7, 11) is 1.53. The highest BCUT2D eigenvalue weighted by Gasteiger charge is 2.26. The Morgan fingerprint density at radius 2 is 2.11 bits per heavy atom. The van der Waals surface area contributed by atoms with Gasteiger partial charge in [0.2, 0.25) is 0 Å². The fraction of sp³-hybridized carbons (Fsp3) is 0.200. The van der Waals surface area contributed by atoms with Crippen LogP contribution in [-0.4, -0.2) is 22.8 Å². The van der Waals surface area contributed by atoms with Gasteiger partial charge < -0.3 is 10.1 Å². The number of aromatic nitrogens is 2. The fourth-order valence-corrected chi connectivity index (χ4v) is 4.33. The summed E-state index contributed by atoms with van der Waals surface area (Å²) in [5.74, 6) is 2.57. The van der Waals surface area contributed by atoms with Crippen LogP contribution >= 0.6 is 23.4 Å². The van der Waals surface area contributed by atoms with E-state index in [1.54, 1.807) is 30.0 Å². The van der Waals surface area contributed by atoms with Crippen molar-refractivity contribution in [2.75, 3.05) is 12.4 Å². The molecule has 3 aromatic rings. The molecule has 1 amide bonds. The van der Waals surface area contributed by atoms with Crippen molar-refractivity contribution in [3.8, 4) is 11.4 Å². The number of rotatable bonds is 4. The molecule has 5 nitrogen and oxygen atoms in total. The van der Waals surface area contributed by atoms with Crippen molar-refractivity contribution in [2.45, 2.75) is 18.4 Å². The molecule has 27 heavy (non-hydrogen) atoms. The number of methoxy groups -OCH3 is 1. The van der Waals surface area contributed by atoms with E-state index in [2.05, 4.69) is 5.32 Å². The van der Waals surface area contributed by atoms with Gasteiger partial charge >= 0.3 is 0 Å². The number of nitrogens with zero attached hydrogens (tertiary/aromatic N) is 2. The number of anilines is 1. The molecule has 0 bridgehead atoms. The second-order valence-corrected chi connectivity index (χ2v) is 7.74. The Bertz CT molecular complexity index is 1030. The minimum Gasteiger partial charge on any atom is -0.496 e. The number of benzene rings is 2. The summed E-state index contributed by atoms with van der Waals surface area (Å²) in [6.07, 6.45) is 0. The van der Waals surface area contributed by atoms with Gasteiger partial charge in [0.15, 0.2) is 0 Å². The van der Waals surface area contributed by atoms with Gasteiger partial charge in [-0.15, -0.1) is 0 Å². The Balaban J connectivity index is 1.76. The van der Waals surface area contributed by atoms with Gasteiger partial charge in [0.25, 0.3) is 5.91 Å². The topological polar surface area (TPSA) is 56.1 Å². The maximum atomic E-state index is 13.0. The number of hydrogen-bond donors (Lipinski definition) is 1. The zero-order valence-electron chi connectivity index (χ0n) is 15.0. The van der Waals surface area contributed by atoms with E-state index in [1.165, 1.54) is 7.11 Å². The third kappa shape index (κ3) is 3.42. The molecule has 0 saturated heterocycles. The van der Waals surface area contributed by atoms with Crippen LogP contribution in [0.15, 0.2) is 42.5 Å². The van der Waals surface area contributed by atoms with Crippen LogP contribution in [-0.2, 0) is 11.5 Å². The molecule has 0 atom stereocenters. The lowest BCUT2D eigenvalue weighted by Crippen LogP contribution is -2.17. The van der Waals surface area contributed by atoms with Gasteiger partial charge in [-0.05, 0) is 42.8 Å². The first-order chi connectivity index (χ1) is 13.1. The summed E-state index contributed by atoms with van der Waals surface area (Å²) in [6.45, 7) is 2.03. The molecule has 0 fully saturated rings.